The molecule has 0 bridgehead atoms. The highest BCUT2D eigenvalue weighted by molar-refractivity contribution is 5.68. The van der Waals surface area contributed by atoms with E-state index in [1.54, 1.807) is 4.90 Å². The zero-order chi connectivity index (χ0) is 14.0. The molecule has 0 aromatic rings. The summed E-state index contributed by atoms with van der Waals surface area (Å²) in [6.45, 7) is 11.8. The first-order chi connectivity index (χ1) is 8.17. The van der Waals surface area contributed by atoms with Gasteiger partial charge in [-0.3, -0.25) is 4.90 Å². The number of carbonyl (C=O) groups excluding carboxylic acids is 1. The number of nitrogens with zero attached hydrogens (tertiary/aromatic N) is 1. The molecule has 18 heavy (non-hydrogen) atoms. The molecule has 1 heterocycles. The minimum Gasteiger partial charge on any atom is -0.444 e. The second kappa shape index (κ2) is 5.45. The lowest BCUT2D eigenvalue weighted by Gasteiger charge is -2.44. The summed E-state index contributed by atoms with van der Waals surface area (Å²) >= 11 is 0. The third-order valence-corrected chi connectivity index (χ3v) is 3.18. The highest BCUT2D eigenvalue weighted by Gasteiger charge is 2.39. The molecule has 0 aromatic heterocycles. The molecule has 1 fully saturated rings. The van der Waals surface area contributed by atoms with Crippen molar-refractivity contribution >= 4 is 6.09 Å². The second-order valence-corrected chi connectivity index (χ2v) is 6.46. The Labute approximate surface area is 110 Å². The first kappa shape index (κ1) is 15.2. The molecule has 5 heteroatoms. The van der Waals surface area contributed by atoms with Crippen LogP contribution in [-0.4, -0.2) is 48.9 Å². The number of carbonyl (C=O) groups is 1. The molecule has 0 aromatic carbocycles. The van der Waals surface area contributed by atoms with Gasteiger partial charge in [0.15, 0.2) is 0 Å². The zero-order valence-corrected chi connectivity index (χ0v) is 12.2. The Morgan fingerprint density at radius 2 is 2.00 bits per heavy atom. The van der Waals surface area contributed by atoms with Crippen molar-refractivity contribution in [2.75, 3.05) is 26.3 Å². The van der Waals surface area contributed by atoms with Crippen molar-refractivity contribution in [1.82, 2.24) is 4.90 Å². The number of morpholine rings is 1. The van der Waals surface area contributed by atoms with E-state index in [1.165, 1.54) is 0 Å². The highest BCUT2D eigenvalue weighted by Crippen LogP contribution is 2.27. The maximum Gasteiger partial charge on any atom is 0.410 e. The Kier molecular flexibility index (Phi) is 4.61. The van der Waals surface area contributed by atoms with Gasteiger partial charge in [-0.1, -0.05) is 13.8 Å². The molecular formula is C13H26N2O3. The van der Waals surface area contributed by atoms with Gasteiger partial charge in [0.1, 0.15) is 5.60 Å². The predicted molar refractivity (Wildman–Crippen MR) is 70.4 cm³/mol. The summed E-state index contributed by atoms with van der Waals surface area (Å²) in [5.74, 6) is 0. The molecule has 0 spiro atoms. The number of rotatable bonds is 2. The van der Waals surface area contributed by atoms with Crippen LogP contribution in [0.3, 0.4) is 0 Å². The standard InChI is InChI=1S/C13H26N2O3/c1-12(2,3)18-11(16)15-6-7-17-8-10(15)13(4,5)9-14/h10H,6-9,14H2,1-5H3. The fourth-order valence-electron chi connectivity index (χ4n) is 1.93. The number of hydrogen-bond donors (Lipinski definition) is 1. The molecule has 1 amide bonds. The smallest absolute Gasteiger partial charge is 0.410 e. The van der Waals surface area contributed by atoms with E-state index in [2.05, 4.69) is 0 Å². The van der Waals surface area contributed by atoms with E-state index in [-0.39, 0.29) is 17.6 Å². The van der Waals surface area contributed by atoms with E-state index < -0.39 is 5.60 Å². The summed E-state index contributed by atoms with van der Waals surface area (Å²) in [6.07, 6.45) is -0.280. The van der Waals surface area contributed by atoms with Crippen molar-refractivity contribution in [1.29, 1.82) is 0 Å². The normalized spacial score (nSPS) is 21.9. The number of ether oxygens (including phenoxy) is 2. The first-order valence-electron chi connectivity index (χ1n) is 6.45. The highest BCUT2D eigenvalue weighted by atomic mass is 16.6. The van der Waals surface area contributed by atoms with E-state index in [9.17, 15) is 4.79 Å². The first-order valence-corrected chi connectivity index (χ1v) is 6.45. The van der Waals surface area contributed by atoms with Crippen LogP contribution in [0.25, 0.3) is 0 Å². The summed E-state index contributed by atoms with van der Waals surface area (Å²) in [6, 6.07) is -0.0360. The van der Waals surface area contributed by atoms with E-state index >= 15 is 0 Å². The van der Waals surface area contributed by atoms with Crippen molar-refractivity contribution in [3.8, 4) is 0 Å². The summed E-state index contributed by atoms with van der Waals surface area (Å²) in [5.41, 5.74) is 5.13. The Bertz CT molecular complexity index is 297. The van der Waals surface area contributed by atoms with Crippen LogP contribution in [0.1, 0.15) is 34.6 Å². The summed E-state index contributed by atoms with van der Waals surface area (Å²) in [7, 11) is 0. The Morgan fingerprint density at radius 3 is 2.50 bits per heavy atom. The van der Waals surface area contributed by atoms with Crippen molar-refractivity contribution in [2.45, 2.75) is 46.3 Å². The van der Waals surface area contributed by atoms with Gasteiger partial charge in [-0.05, 0) is 32.7 Å². The number of nitrogens with two attached hydrogens (primary N) is 1. The van der Waals surface area contributed by atoms with Crippen LogP contribution in [0, 0.1) is 5.41 Å². The molecule has 106 valence electrons. The average molecular weight is 258 g/mol. The van der Waals surface area contributed by atoms with Crippen molar-refractivity contribution in [3.63, 3.8) is 0 Å². The van der Waals surface area contributed by atoms with Gasteiger partial charge in [0, 0.05) is 6.54 Å². The van der Waals surface area contributed by atoms with Gasteiger partial charge >= 0.3 is 6.09 Å². The molecule has 5 nitrogen and oxygen atoms in total. The van der Waals surface area contributed by atoms with E-state index in [0.717, 1.165) is 0 Å². The third kappa shape index (κ3) is 3.85. The summed E-state index contributed by atoms with van der Waals surface area (Å²) in [4.78, 5) is 13.9. The fourth-order valence-corrected chi connectivity index (χ4v) is 1.93. The van der Waals surface area contributed by atoms with Crippen LogP contribution in [0.5, 0.6) is 0 Å². The quantitative estimate of drug-likeness (QED) is 0.817. The predicted octanol–water partition coefficient (Wildman–Crippen LogP) is 1.61. The molecule has 0 radical (unpaired) electrons. The lowest BCUT2D eigenvalue weighted by molar-refractivity contribution is -0.0609. The van der Waals surface area contributed by atoms with Crippen LogP contribution < -0.4 is 5.73 Å². The number of amides is 1. The number of hydrogen-bond acceptors (Lipinski definition) is 4. The van der Waals surface area contributed by atoms with Crippen molar-refractivity contribution in [3.05, 3.63) is 0 Å². The molecule has 0 saturated carbocycles. The molecule has 1 aliphatic heterocycles. The third-order valence-electron chi connectivity index (χ3n) is 3.18. The van der Waals surface area contributed by atoms with E-state index in [0.29, 0.717) is 26.3 Å². The second-order valence-electron chi connectivity index (χ2n) is 6.46. The molecule has 1 rings (SSSR count). The Balaban J connectivity index is 2.80. The minimum atomic E-state index is -0.479. The van der Waals surface area contributed by atoms with Gasteiger partial charge in [-0.25, -0.2) is 4.79 Å². The van der Waals surface area contributed by atoms with Crippen LogP contribution in [0.2, 0.25) is 0 Å². The average Bonchev–Trinajstić information content (AvgIpc) is 2.27. The summed E-state index contributed by atoms with van der Waals surface area (Å²) in [5, 5.41) is 0. The minimum absolute atomic E-state index is 0.0360. The Morgan fingerprint density at radius 1 is 1.39 bits per heavy atom. The monoisotopic (exact) mass is 258 g/mol. The van der Waals surface area contributed by atoms with Gasteiger partial charge in [-0.2, -0.15) is 0 Å². The molecule has 1 aliphatic rings. The Hall–Kier alpha value is -0.810. The van der Waals surface area contributed by atoms with Crippen LogP contribution in [-0.2, 0) is 9.47 Å². The van der Waals surface area contributed by atoms with E-state index in [1.807, 2.05) is 34.6 Å². The van der Waals surface area contributed by atoms with E-state index in [4.69, 9.17) is 15.2 Å². The van der Waals surface area contributed by atoms with Crippen LogP contribution in [0.15, 0.2) is 0 Å². The molecule has 2 N–H and O–H groups in total. The van der Waals surface area contributed by atoms with Gasteiger partial charge in [0.2, 0.25) is 0 Å². The van der Waals surface area contributed by atoms with Gasteiger partial charge < -0.3 is 15.2 Å². The van der Waals surface area contributed by atoms with Gasteiger partial charge in [-0.15, -0.1) is 0 Å². The molecule has 0 aliphatic carbocycles. The SMILES string of the molecule is CC(C)(C)OC(=O)N1CCOCC1C(C)(C)CN. The maximum atomic E-state index is 12.2. The fraction of sp³-hybridized carbons (Fsp3) is 0.923. The van der Waals surface area contributed by atoms with Crippen LogP contribution in [0.4, 0.5) is 4.79 Å². The largest absolute Gasteiger partial charge is 0.444 e. The topological polar surface area (TPSA) is 64.8 Å². The molecule has 1 saturated heterocycles. The summed E-state index contributed by atoms with van der Waals surface area (Å²) < 4.78 is 10.9. The molecule has 1 atom stereocenters. The maximum absolute atomic E-state index is 12.2. The lowest BCUT2D eigenvalue weighted by Crippen LogP contribution is -2.57. The zero-order valence-electron chi connectivity index (χ0n) is 12.2. The van der Waals surface area contributed by atoms with Gasteiger partial charge in [0.05, 0.1) is 19.3 Å². The van der Waals surface area contributed by atoms with Crippen molar-refractivity contribution in [2.24, 2.45) is 11.1 Å². The van der Waals surface area contributed by atoms with Crippen LogP contribution >= 0.6 is 0 Å². The molecule has 1 unspecified atom stereocenters. The van der Waals surface area contributed by atoms with Gasteiger partial charge in [0.25, 0.3) is 0 Å². The molecular weight excluding hydrogens is 232 g/mol. The lowest BCUT2D eigenvalue weighted by atomic mass is 9.83. The van der Waals surface area contributed by atoms with Crippen molar-refractivity contribution < 1.29 is 14.3 Å².